The van der Waals surface area contributed by atoms with Crippen LogP contribution in [0.1, 0.15) is 68.2 Å². The number of anilines is 2. The summed E-state index contributed by atoms with van der Waals surface area (Å²) in [6.07, 6.45) is 8.47. The van der Waals surface area contributed by atoms with Crippen LogP contribution >= 0.6 is 0 Å². The van der Waals surface area contributed by atoms with Crippen molar-refractivity contribution in [2.75, 3.05) is 56.6 Å². The van der Waals surface area contributed by atoms with Crippen molar-refractivity contribution < 1.29 is 4.79 Å². The van der Waals surface area contributed by atoms with E-state index in [0.717, 1.165) is 73.6 Å². The predicted octanol–water partition coefficient (Wildman–Crippen LogP) is 4.08. The first-order valence-electron chi connectivity index (χ1n) is 13.9. The van der Waals surface area contributed by atoms with Crippen molar-refractivity contribution in [3.05, 3.63) is 47.2 Å². The highest BCUT2D eigenvalue weighted by Crippen LogP contribution is 2.31. The maximum Gasteiger partial charge on any atom is 0.230 e. The first-order valence-corrected chi connectivity index (χ1v) is 13.9. The third-order valence-corrected chi connectivity index (χ3v) is 8.36. The number of hydrogen-bond acceptors (Lipinski definition) is 6. The number of aromatic nitrogens is 2. The van der Waals surface area contributed by atoms with Crippen LogP contribution in [-0.4, -0.2) is 78.5 Å². The highest BCUT2D eigenvalue weighted by Gasteiger charge is 2.32. The monoisotopic (exact) mass is 490 g/mol. The van der Waals surface area contributed by atoms with Gasteiger partial charge in [-0.3, -0.25) is 9.69 Å². The number of amides is 1. The lowest BCUT2D eigenvalue weighted by Gasteiger charge is -2.41. The van der Waals surface area contributed by atoms with Gasteiger partial charge < -0.3 is 14.7 Å². The van der Waals surface area contributed by atoms with Crippen LogP contribution in [0.5, 0.6) is 0 Å². The van der Waals surface area contributed by atoms with E-state index in [1.807, 2.05) is 37.2 Å². The van der Waals surface area contributed by atoms with Crippen LogP contribution in [0.3, 0.4) is 0 Å². The zero-order valence-corrected chi connectivity index (χ0v) is 22.3. The fraction of sp³-hybridized carbons (Fsp3) is 0.621. The second-order valence-corrected chi connectivity index (χ2v) is 10.9. The summed E-state index contributed by atoms with van der Waals surface area (Å²) in [5, 5.41) is 0. The number of rotatable bonds is 6. The summed E-state index contributed by atoms with van der Waals surface area (Å²) >= 11 is 0. The number of fused-ring (bicyclic) bond motifs is 1. The van der Waals surface area contributed by atoms with Crippen LogP contribution < -0.4 is 9.80 Å². The molecule has 1 aromatic heterocycles. The summed E-state index contributed by atoms with van der Waals surface area (Å²) in [7, 11) is 4.10. The minimum absolute atomic E-state index is 0.101. The van der Waals surface area contributed by atoms with Crippen LogP contribution in [0.25, 0.3) is 0 Å². The van der Waals surface area contributed by atoms with Crippen LogP contribution in [0.2, 0.25) is 0 Å². The molecule has 1 amide bonds. The minimum atomic E-state index is -0.101. The Hall–Kier alpha value is -2.67. The predicted molar refractivity (Wildman–Crippen MR) is 146 cm³/mol. The third kappa shape index (κ3) is 5.22. The quantitative estimate of drug-likeness (QED) is 0.608. The standard InChI is InChI=1S/C29H42N6O/c1-4-24(22-11-7-5-8-12-22)28(36)35-16-15-26-25(21-35)27(32(2)3)31-29(30-26)34-19-17-33(18-20-34)23-13-9-6-10-14-23/h5,7-8,11-12,23-24H,4,6,9-10,13-21H2,1-3H3/t24-/m1/s1. The Bertz CT molecular complexity index is 1030. The van der Waals surface area contributed by atoms with E-state index >= 15 is 0 Å². The molecule has 1 saturated heterocycles. The largest absolute Gasteiger partial charge is 0.362 e. The molecule has 2 aromatic rings. The van der Waals surface area contributed by atoms with Gasteiger partial charge in [0.15, 0.2) is 0 Å². The molecule has 0 unspecified atom stereocenters. The van der Waals surface area contributed by atoms with Crippen molar-refractivity contribution in [2.45, 2.75) is 70.4 Å². The molecule has 5 rings (SSSR count). The maximum absolute atomic E-state index is 13.6. The van der Waals surface area contributed by atoms with Crippen molar-refractivity contribution in [3.8, 4) is 0 Å². The number of hydrogen-bond donors (Lipinski definition) is 0. The van der Waals surface area contributed by atoms with Gasteiger partial charge in [0.25, 0.3) is 0 Å². The lowest BCUT2D eigenvalue weighted by Crippen LogP contribution is -2.51. The molecule has 7 nitrogen and oxygen atoms in total. The van der Waals surface area contributed by atoms with E-state index < -0.39 is 0 Å². The van der Waals surface area contributed by atoms with Crippen molar-refractivity contribution >= 4 is 17.7 Å². The van der Waals surface area contributed by atoms with Crippen LogP contribution in [0, 0.1) is 0 Å². The summed E-state index contributed by atoms with van der Waals surface area (Å²) in [5.74, 6) is 1.92. The number of carbonyl (C=O) groups is 1. The molecule has 0 spiro atoms. The highest BCUT2D eigenvalue weighted by molar-refractivity contribution is 5.84. The smallest absolute Gasteiger partial charge is 0.230 e. The van der Waals surface area contributed by atoms with Gasteiger partial charge in [0.2, 0.25) is 11.9 Å². The molecule has 1 saturated carbocycles. The van der Waals surface area contributed by atoms with E-state index in [0.29, 0.717) is 13.1 Å². The molecule has 1 atom stereocenters. The van der Waals surface area contributed by atoms with Crippen molar-refractivity contribution in [3.63, 3.8) is 0 Å². The average Bonchev–Trinajstić information content (AvgIpc) is 2.93. The van der Waals surface area contributed by atoms with Gasteiger partial charge in [-0.2, -0.15) is 4.98 Å². The van der Waals surface area contributed by atoms with E-state index in [1.54, 1.807) is 0 Å². The Kier molecular flexibility index (Phi) is 7.75. The molecule has 0 radical (unpaired) electrons. The molecule has 36 heavy (non-hydrogen) atoms. The van der Waals surface area contributed by atoms with Gasteiger partial charge in [-0.15, -0.1) is 0 Å². The van der Waals surface area contributed by atoms with Gasteiger partial charge in [0.05, 0.1) is 18.2 Å². The van der Waals surface area contributed by atoms with E-state index in [4.69, 9.17) is 9.97 Å². The van der Waals surface area contributed by atoms with Gasteiger partial charge in [-0.05, 0) is 24.8 Å². The molecule has 3 aliphatic rings. The van der Waals surface area contributed by atoms with Crippen molar-refractivity contribution in [2.24, 2.45) is 0 Å². The second kappa shape index (κ2) is 11.2. The third-order valence-electron chi connectivity index (χ3n) is 8.36. The molecular formula is C29H42N6O. The second-order valence-electron chi connectivity index (χ2n) is 10.9. The van der Waals surface area contributed by atoms with Crippen molar-refractivity contribution in [1.82, 2.24) is 19.8 Å². The lowest BCUT2D eigenvalue weighted by atomic mass is 9.93. The first-order chi connectivity index (χ1) is 17.5. The maximum atomic E-state index is 13.6. The molecule has 194 valence electrons. The summed E-state index contributed by atoms with van der Waals surface area (Å²) in [4.78, 5) is 32.8. The molecule has 2 fully saturated rings. The number of nitrogens with zero attached hydrogens (tertiary/aromatic N) is 6. The van der Waals surface area contributed by atoms with Gasteiger partial charge >= 0.3 is 0 Å². The van der Waals surface area contributed by atoms with E-state index in [-0.39, 0.29) is 11.8 Å². The molecule has 7 heteroatoms. The normalized spacial score (nSPS) is 20.2. The van der Waals surface area contributed by atoms with Crippen LogP contribution in [0.4, 0.5) is 11.8 Å². The van der Waals surface area contributed by atoms with Crippen LogP contribution in [0.15, 0.2) is 30.3 Å². The van der Waals surface area contributed by atoms with E-state index in [1.165, 1.54) is 32.1 Å². The zero-order valence-electron chi connectivity index (χ0n) is 22.3. The first kappa shape index (κ1) is 25.0. The lowest BCUT2D eigenvalue weighted by molar-refractivity contribution is -0.133. The molecule has 1 aromatic carbocycles. The average molecular weight is 491 g/mol. The Labute approximate surface area is 216 Å². The molecule has 2 aliphatic heterocycles. The molecule has 0 N–H and O–H groups in total. The van der Waals surface area contributed by atoms with Gasteiger partial charge in [-0.1, -0.05) is 56.5 Å². The Morgan fingerprint density at radius 1 is 1.00 bits per heavy atom. The van der Waals surface area contributed by atoms with Gasteiger partial charge in [0.1, 0.15) is 5.82 Å². The topological polar surface area (TPSA) is 55.8 Å². The molecule has 3 heterocycles. The van der Waals surface area contributed by atoms with Crippen LogP contribution in [-0.2, 0) is 17.8 Å². The fourth-order valence-electron chi connectivity index (χ4n) is 6.28. The molecule has 1 aliphatic carbocycles. The fourth-order valence-corrected chi connectivity index (χ4v) is 6.28. The van der Waals surface area contributed by atoms with E-state index in [2.05, 4.69) is 33.8 Å². The highest BCUT2D eigenvalue weighted by atomic mass is 16.2. The summed E-state index contributed by atoms with van der Waals surface area (Å²) in [5.41, 5.74) is 3.31. The molecule has 0 bridgehead atoms. The molecular weight excluding hydrogens is 448 g/mol. The Morgan fingerprint density at radius 2 is 1.72 bits per heavy atom. The number of benzene rings is 1. The van der Waals surface area contributed by atoms with E-state index in [9.17, 15) is 4.79 Å². The van der Waals surface area contributed by atoms with Gasteiger partial charge in [-0.25, -0.2) is 4.98 Å². The summed E-state index contributed by atoms with van der Waals surface area (Å²) in [6.45, 7) is 7.58. The van der Waals surface area contributed by atoms with Gasteiger partial charge in [0, 0.05) is 64.8 Å². The SMILES string of the molecule is CC[C@@H](C(=O)N1CCc2nc(N3CCN(C4CCCCC4)CC3)nc(N(C)C)c2C1)c1ccccc1. The number of piperazine rings is 1. The Balaban J connectivity index is 1.31. The zero-order chi connectivity index (χ0) is 25.1. The summed E-state index contributed by atoms with van der Waals surface area (Å²) < 4.78 is 0. The Morgan fingerprint density at radius 3 is 2.39 bits per heavy atom. The number of carbonyl (C=O) groups excluding carboxylic acids is 1. The van der Waals surface area contributed by atoms with Crippen molar-refractivity contribution in [1.29, 1.82) is 0 Å². The minimum Gasteiger partial charge on any atom is -0.362 e. The summed E-state index contributed by atoms with van der Waals surface area (Å²) in [6, 6.07) is 11.0.